The first kappa shape index (κ1) is 16.5. The first-order valence-electron chi connectivity index (χ1n) is 8.65. The van der Waals surface area contributed by atoms with Gasteiger partial charge in [-0.1, -0.05) is 43.7 Å². The van der Waals surface area contributed by atoms with E-state index in [9.17, 15) is 0 Å². The molecule has 1 aliphatic rings. The molecule has 0 amide bonds. The third kappa shape index (κ3) is 4.55. The molecular weight excluding hydrogens is 256 g/mol. The maximum atomic E-state index is 3.75. The van der Waals surface area contributed by atoms with Crippen molar-refractivity contribution in [3.63, 3.8) is 0 Å². The average Bonchev–Trinajstić information content (AvgIpc) is 2.49. The summed E-state index contributed by atoms with van der Waals surface area (Å²) in [5, 5.41) is 3.75. The lowest BCUT2D eigenvalue weighted by atomic mass is 9.91. The second-order valence-corrected chi connectivity index (χ2v) is 6.77. The maximum Gasteiger partial charge on any atom is 0.0449 e. The van der Waals surface area contributed by atoms with Crippen LogP contribution in [-0.4, -0.2) is 30.6 Å². The van der Waals surface area contributed by atoms with Crippen molar-refractivity contribution in [3.05, 3.63) is 35.4 Å². The molecule has 0 radical (unpaired) electrons. The predicted molar refractivity (Wildman–Crippen MR) is 91.6 cm³/mol. The van der Waals surface area contributed by atoms with Crippen molar-refractivity contribution in [2.45, 2.75) is 59.0 Å². The van der Waals surface area contributed by atoms with Gasteiger partial charge in [0, 0.05) is 18.6 Å². The average molecular weight is 288 g/mol. The summed E-state index contributed by atoms with van der Waals surface area (Å²) in [5.74, 6) is 0.823. The summed E-state index contributed by atoms with van der Waals surface area (Å²) in [4.78, 5) is 2.68. The molecule has 3 atom stereocenters. The van der Waals surface area contributed by atoms with Gasteiger partial charge in [0.15, 0.2) is 0 Å². The predicted octanol–water partition coefficient (Wildman–Crippen LogP) is 4.16. The quantitative estimate of drug-likeness (QED) is 0.845. The van der Waals surface area contributed by atoms with E-state index in [0.29, 0.717) is 12.1 Å². The molecule has 2 heteroatoms. The zero-order chi connectivity index (χ0) is 15.2. The van der Waals surface area contributed by atoms with Crippen LogP contribution >= 0.6 is 0 Å². The Morgan fingerprint density at radius 2 is 1.95 bits per heavy atom. The highest BCUT2D eigenvalue weighted by molar-refractivity contribution is 5.24. The third-order valence-corrected chi connectivity index (χ3v) is 5.04. The minimum absolute atomic E-state index is 0.457. The number of hydrogen-bond acceptors (Lipinski definition) is 2. The van der Waals surface area contributed by atoms with Crippen molar-refractivity contribution in [2.24, 2.45) is 5.92 Å². The summed E-state index contributed by atoms with van der Waals surface area (Å²) in [5.41, 5.74) is 2.77. The topological polar surface area (TPSA) is 15.3 Å². The van der Waals surface area contributed by atoms with Crippen LogP contribution in [0.4, 0.5) is 0 Å². The Morgan fingerprint density at radius 1 is 1.24 bits per heavy atom. The minimum Gasteiger partial charge on any atom is -0.309 e. The molecule has 1 heterocycles. The van der Waals surface area contributed by atoms with Crippen LogP contribution in [0, 0.1) is 12.8 Å². The van der Waals surface area contributed by atoms with Crippen LogP contribution in [-0.2, 0) is 0 Å². The van der Waals surface area contributed by atoms with E-state index < -0.39 is 0 Å². The Labute approximate surface area is 130 Å². The van der Waals surface area contributed by atoms with Crippen LogP contribution in [0.5, 0.6) is 0 Å². The Kier molecular flexibility index (Phi) is 6.25. The highest BCUT2D eigenvalue weighted by Gasteiger charge is 2.26. The van der Waals surface area contributed by atoms with Gasteiger partial charge in [-0.05, 0) is 57.7 Å². The van der Waals surface area contributed by atoms with Gasteiger partial charge in [0.25, 0.3) is 0 Å². The first-order valence-corrected chi connectivity index (χ1v) is 8.65. The van der Waals surface area contributed by atoms with Crippen LogP contribution in [0.25, 0.3) is 0 Å². The van der Waals surface area contributed by atoms with Crippen LogP contribution in [0.2, 0.25) is 0 Å². The summed E-state index contributed by atoms with van der Waals surface area (Å²) >= 11 is 0. The fraction of sp³-hybridized carbons (Fsp3) is 0.684. The lowest BCUT2D eigenvalue weighted by Crippen LogP contribution is -2.46. The van der Waals surface area contributed by atoms with Gasteiger partial charge in [0.1, 0.15) is 0 Å². The smallest absolute Gasteiger partial charge is 0.0449 e. The monoisotopic (exact) mass is 288 g/mol. The molecule has 1 aromatic rings. The number of nitrogens with zero attached hydrogens (tertiary/aromatic N) is 1. The van der Waals surface area contributed by atoms with Crippen LogP contribution in [0.3, 0.4) is 0 Å². The van der Waals surface area contributed by atoms with Gasteiger partial charge in [0.05, 0.1) is 0 Å². The molecule has 1 N–H and O–H groups in total. The molecule has 2 nitrogen and oxygen atoms in total. The van der Waals surface area contributed by atoms with Gasteiger partial charge >= 0.3 is 0 Å². The number of benzene rings is 1. The van der Waals surface area contributed by atoms with E-state index >= 15 is 0 Å². The summed E-state index contributed by atoms with van der Waals surface area (Å²) in [6.07, 6.45) is 3.92. The second kappa shape index (κ2) is 7.95. The van der Waals surface area contributed by atoms with Crippen LogP contribution in [0.1, 0.15) is 57.2 Å². The number of nitrogens with one attached hydrogen (secondary N) is 1. The van der Waals surface area contributed by atoms with Crippen molar-refractivity contribution >= 4 is 0 Å². The molecule has 1 aromatic carbocycles. The van der Waals surface area contributed by atoms with Crippen LogP contribution in [0.15, 0.2) is 24.3 Å². The first-order chi connectivity index (χ1) is 10.1. The van der Waals surface area contributed by atoms with Crippen molar-refractivity contribution < 1.29 is 0 Å². The number of aryl methyl sites for hydroxylation is 1. The molecule has 118 valence electrons. The molecule has 2 rings (SSSR count). The Balaban J connectivity index is 2.06. The van der Waals surface area contributed by atoms with Gasteiger partial charge in [-0.3, -0.25) is 4.90 Å². The fourth-order valence-corrected chi connectivity index (χ4v) is 3.32. The molecule has 3 unspecified atom stereocenters. The standard InChI is InChI=1S/C19H32N2/c1-5-12-20-19(18-10-8-15(2)9-11-18)14-21-13-6-7-16(3)17(21)4/h8-11,16-17,19-20H,5-7,12-14H2,1-4H3. The van der Waals surface area contributed by atoms with E-state index in [1.54, 1.807) is 0 Å². The Morgan fingerprint density at radius 3 is 2.62 bits per heavy atom. The molecule has 0 saturated carbocycles. The summed E-state index contributed by atoms with van der Waals surface area (Å²) in [6, 6.07) is 10.2. The van der Waals surface area contributed by atoms with E-state index in [1.807, 2.05) is 0 Å². The second-order valence-electron chi connectivity index (χ2n) is 6.77. The minimum atomic E-state index is 0.457. The molecular formula is C19H32N2. The van der Waals surface area contributed by atoms with Gasteiger partial charge in [0.2, 0.25) is 0 Å². The van der Waals surface area contributed by atoms with E-state index in [4.69, 9.17) is 0 Å². The number of rotatable bonds is 6. The molecule has 1 saturated heterocycles. The SMILES string of the molecule is CCCNC(CN1CCCC(C)C1C)c1ccc(C)cc1. The van der Waals surface area contributed by atoms with Gasteiger partial charge < -0.3 is 5.32 Å². The molecule has 0 bridgehead atoms. The van der Waals surface area contributed by atoms with Gasteiger partial charge in [-0.15, -0.1) is 0 Å². The van der Waals surface area contributed by atoms with Crippen molar-refractivity contribution in [1.82, 2.24) is 10.2 Å². The molecule has 0 spiro atoms. The van der Waals surface area contributed by atoms with E-state index in [2.05, 4.69) is 62.2 Å². The molecule has 1 fully saturated rings. The Hall–Kier alpha value is -0.860. The molecule has 0 aromatic heterocycles. The molecule has 1 aliphatic heterocycles. The van der Waals surface area contributed by atoms with Crippen molar-refractivity contribution in [1.29, 1.82) is 0 Å². The highest BCUT2D eigenvalue weighted by atomic mass is 15.2. The molecule has 0 aliphatic carbocycles. The fourth-order valence-electron chi connectivity index (χ4n) is 3.32. The van der Waals surface area contributed by atoms with E-state index in [-0.39, 0.29) is 0 Å². The summed E-state index contributed by atoms with van der Waals surface area (Å²) < 4.78 is 0. The van der Waals surface area contributed by atoms with E-state index in [1.165, 1.54) is 36.9 Å². The third-order valence-electron chi connectivity index (χ3n) is 5.04. The number of likely N-dealkylation sites (tertiary alicyclic amines) is 1. The largest absolute Gasteiger partial charge is 0.309 e. The number of piperidine rings is 1. The van der Waals surface area contributed by atoms with Crippen molar-refractivity contribution in [3.8, 4) is 0 Å². The van der Waals surface area contributed by atoms with Gasteiger partial charge in [-0.25, -0.2) is 0 Å². The Bertz CT molecular complexity index is 412. The zero-order valence-corrected chi connectivity index (χ0v) is 14.2. The summed E-state index contributed by atoms with van der Waals surface area (Å²) in [7, 11) is 0. The lowest BCUT2D eigenvalue weighted by molar-refractivity contribution is 0.102. The normalized spacial score (nSPS) is 25.0. The molecule has 21 heavy (non-hydrogen) atoms. The lowest BCUT2D eigenvalue weighted by Gasteiger charge is -2.40. The van der Waals surface area contributed by atoms with E-state index in [0.717, 1.165) is 19.0 Å². The zero-order valence-electron chi connectivity index (χ0n) is 14.2. The van der Waals surface area contributed by atoms with Crippen molar-refractivity contribution in [2.75, 3.05) is 19.6 Å². The highest BCUT2D eigenvalue weighted by Crippen LogP contribution is 2.25. The maximum absolute atomic E-state index is 3.75. The van der Waals surface area contributed by atoms with Gasteiger partial charge in [-0.2, -0.15) is 0 Å². The summed E-state index contributed by atoms with van der Waals surface area (Å²) in [6.45, 7) is 12.7. The van der Waals surface area contributed by atoms with Crippen LogP contribution < -0.4 is 5.32 Å². The number of hydrogen-bond donors (Lipinski definition) is 1.